The average Bonchev–Trinajstić information content (AvgIpc) is 2.78. The Morgan fingerprint density at radius 3 is 1.76 bits per heavy atom. The van der Waals surface area contributed by atoms with Crippen molar-refractivity contribution < 1.29 is 40.0 Å². The van der Waals surface area contributed by atoms with Gasteiger partial charge in [0.25, 0.3) is 5.69 Å². The summed E-state index contributed by atoms with van der Waals surface area (Å²) in [6.45, 7) is 0. The van der Waals surface area contributed by atoms with E-state index in [1.165, 1.54) is 0 Å². The number of nitrogen functional groups attached to an aromatic ring is 2. The molecule has 4 rings (SSSR count). The van der Waals surface area contributed by atoms with Gasteiger partial charge in [0.15, 0.2) is 11.6 Å². The van der Waals surface area contributed by atoms with Crippen molar-refractivity contribution in [2.45, 2.75) is 12.4 Å². The highest BCUT2D eigenvalue weighted by molar-refractivity contribution is 6.04. The first-order chi connectivity index (χ1) is 17.1. The summed E-state index contributed by atoms with van der Waals surface area (Å²) in [5.41, 5.74) is 3.72. The van der Waals surface area contributed by atoms with Crippen LogP contribution in [0.4, 0.5) is 52.4 Å². The fourth-order valence-corrected chi connectivity index (χ4v) is 3.70. The molecule has 192 valence electrons. The van der Waals surface area contributed by atoms with E-state index < -0.39 is 79.3 Å². The van der Waals surface area contributed by atoms with Crippen molar-refractivity contribution in [2.24, 2.45) is 0 Å². The predicted molar refractivity (Wildman–Crippen MR) is 116 cm³/mol. The number of fused-ring (bicyclic) bond motifs is 1. The molecule has 0 saturated heterocycles. The molecule has 15 heteroatoms. The van der Waals surface area contributed by atoms with Gasteiger partial charge in [-0.2, -0.15) is 26.3 Å². The van der Waals surface area contributed by atoms with Crippen LogP contribution in [0.25, 0.3) is 33.3 Å². The summed E-state index contributed by atoms with van der Waals surface area (Å²) in [4.78, 5) is 18.9. The first-order valence-corrected chi connectivity index (χ1v) is 9.88. The van der Waals surface area contributed by atoms with Gasteiger partial charge in [-0.1, -0.05) is 12.1 Å². The lowest BCUT2D eigenvalue weighted by atomic mass is 9.92. The molecule has 1 heterocycles. The second-order valence-electron chi connectivity index (χ2n) is 7.65. The minimum Gasteiger partial charge on any atom is -0.381 e. The Kier molecular flexibility index (Phi) is 5.89. The zero-order valence-corrected chi connectivity index (χ0v) is 17.9. The van der Waals surface area contributed by atoms with Crippen molar-refractivity contribution in [2.75, 3.05) is 11.5 Å². The lowest BCUT2D eigenvalue weighted by molar-refractivity contribution is -0.383. The second kappa shape index (κ2) is 8.53. The van der Waals surface area contributed by atoms with Crippen molar-refractivity contribution in [3.8, 4) is 22.3 Å². The molecule has 0 saturated carbocycles. The normalized spacial score (nSPS) is 12.2. The Balaban J connectivity index is 2.19. The van der Waals surface area contributed by atoms with Gasteiger partial charge in [0.1, 0.15) is 17.2 Å². The van der Waals surface area contributed by atoms with Gasteiger partial charge >= 0.3 is 12.4 Å². The van der Waals surface area contributed by atoms with Crippen molar-refractivity contribution in [1.82, 2.24) is 9.97 Å². The highest BCUT2D eigenvalue weighted by Gasteiger charge is 2.37. The molecule has 37 heavy (non-hydrogen) atoms. The Morgan fingerprint density at radius 2 is 1.24 bits per heavy atom. The van der Waals surface area contributed by atoms with E-state index in [1.54, 1.807) is 0 Å². The molecule has 1 aromatic heterocycles. The SMILES string of the molecule is Nc1nc2cc(-c3ccc(F)c(C(F)(F)F)c3)c([N+](=O)[O-])c(-c3ccc(F)c(C(F)(F)F)c3)c2nc1N. The molecule has 0 amide bonds. The molecule has 7 nitrogen and oxygen atoms in total. The number of nitrogens with two attached hydrogens (primary N) is 2. The maximum Gasteiger partial charge on any atom is 0.419 e. The molecule has 3 aromatic carbocycles. The molecule has 4 aromatic rings. The van der Waals surface area contributed by atoms with Crippen molar-refractivity contribution in [3.05, 3.63) is 75.3 Å². The molecule has 0 unspecified atom stereocenters. The summed E-state index contributed by atoms with van der Waals surface area (Å²) in [6.07, 6.45) is -10.4. The average molecular weight is 529 g/mol. The first-order valence-electron chi connectivity index (χ1n) is 9.88. The van der Waals surface area contributed by atoms with Gasteiger partial charge in [0, 0.05) is 0 Å². The van der Waals surface area contributed by atoms with Gasteiger partial charge in [-0.15, -0.1) is 0 Å². The van der Waals surface area contributed by atoms with Gasteiger partial charge in [0.2, 0.25) is 0 Å². The zero-order chi connectivity index (χ0) is 27.4. The summed E-state index contributed by atoms with van der Waals surface area (Å²) in [6, 6.07) is 3.93. The zero-order valence-electron chi connectivity index (χ0n) is 17.9. The van der Waals surface area contributed by atoms with E-state index in [-0.39, 0.29) is 17.4 Å². The third-order valence-electron chi connectivity index (χ3n) is 5.31. The van der Waals surface area contributed by atoms with Crippen molar-refractivity contribution >= 4 is 28.4 Å². The molecule has 0 radical (unpaired) electrons. The van der Waals surface area contributed by atoms with E-state index >= 15 is 0 Å². The second-order valence-corrected chi connectivity index (χ2v) is 7.65. The quantitative estimate of drug-likeness (QED) is 0.181. The van der Waals surface area contributed by atoms with E-state index in [4.69, 9.17) is 11.5 Å². The predicted octanol–water partition coefficient (Wildman–Crippen LogP) is 6.35. The van der Waals surface area contributed by atoms with Crippen LogP contribution in [0.15, 0.2) is 42.5 Å². The summed E-state index contributed by atoms with van der Waals surface area (Å²) >= 11 is 0. The third kappa shape index (κ3) is 4.54. The molecular weight excluding hydrogens is 518 g/mol. The number of halogens is 8. The molecule has 0 aliphatic carbocycles. The smallest absolute Gasteiger partial charge is 0.381 e. The number of nitrogens with zero attached hydrogens (tertiary/aromatic N) is 3. The van der Waals surface area contributed by atoms with Crippen LogP contribution >= 0.6 is 0 Å². The molecule has 4 N–H and O–H groups in total. The Morgan fingerprint density at radius 1 is 0.757 bits per heavy atom. The van der Waals surface area contributed by atoms with E-state index in [0.29, 0.717) is 18.2 Å². The molecule has 0 spiro atoms. The largest absolute Gasteiger partial charge is 0.419 e. The van der Waals surface area contributed by atoms with Crippen LogP contribution in [0.3, 0.4) is 0 Å². The number of anilines is 2. The van der Waals surface area contributed by atoms with Crippen LogP contribution in [0.2, 0.25) is 0 Å². The standard InChI is InChI=1S/C22H11F8N5O2/c23-13-3-1-8(5-11(13)21(25,26)27)10-7-15-17(34-20(32)19(31)33-15)16(18(10)35(36)37)9-2-4-14(24)12(6-9)22(28,29)30/h1-7H,(H2,31,33)(H2,32,34). The van der Waals surface area contributed by atoms with Crippen molar-refractivity contribution in [1.29, 1.82) is 0 Å². The summed E-state index contributed by atoms with van der Waals surface area (Å²) < 4.78 is 108. The summed E-state index contributed by atoms with van der Waals surface area (Å²) in [5, 5.41) is 12.2. The molecule has 0 fully saturated rings. The molecule has 0 bridgehead atoms. The lowest BCUT2D eigenvalue weighted by Crippen LogP contribution is -2.09. The van der Waals surface area contributed by atoms with E-state index in [9.17, 15) is 45.2 Å². The van der Waals surface area contributed by atoms with Crippen LogP contribution < -0.4 is 11.5 Å². The Bertz CT molecular complexity index is 1580. The van der Waals surface area contributed by atoms with Gasteiger partial charge in [0.05, 0.1) is 32.7 Å². The number of hydrogen-bond donors (Lipinski definition) is 2. The fourth-order valence-electron chi connectivity index (χ4n) is 3.70. The number of aromatic nitrogens is 2. The summed E-state index contributed by atoms with van der Waals surface area (Å²) in [5.74, 6) is -4.17. The summed E-state index contributed by atoms with van der Waals surface area (Å²) in [7, 11) is 0. The van der Waals surface area contributed by atoms with Gasteiger partial charge in [-0.25, -0.2) is 18.7 Å². The Labute approximate surface area is 200 Å². The minimum absolute atomic E-state index is 0.279. The monoisotopic (exact) mass is 529 g/mol. The van der Waals surface area contributed by atoms with Crippen LogP contribution in [0.1, 0.15) is 11.1 Å². The highest BCUT2D eigenvalue weighted by atomic mass is 19.4. The van der Waals surface area contributed by atoms with Crippen LogP contribution in [-0.4, -0.2) is 14.9 Å². The maximum absolute atomic E-state index is 13.9. The maximum atomic E-state index is 13.9. The van der Waals surface area contributed by atoms with Gasteiger partial charge in [-0.3, -0.25) is 10.1 Å². The first kappa shape index (κ1) is 25.5. The number of hydrogen-bond acceptors (Lipinski definition) is 6. The van der Waals surface area contributed by atoms with Gasteiger partial charge in [-0.05, 0) is 41.5 Å². The lowest BCUT2D eigenvalue weighted by Gasteiger charge is -2.16. The number of nitro benzene ring substituents is 1. The van der Waals surface area contributed by atoms with E-state index in [0.717, 1.165) is 18.2 Å². The highest BCUT2D eigenvalue weighted by Crippen LogP contribution is 2.46. The number of rotatable bonds is 3. The molecule has 0 atom stereocenters. The van der Waals surface area contributed by atoms with Crippen LogP contribution in [-0.2, 0) is 12.4 Å². The number of nitro groups is 1. The topological polar surface area (TPSA) is 121 Å². The van der Waals surface area contributed by atoms with Crippen LogP contribution in [0.5, 0.6) is 0 Å². The number of benzene rings is 3. The fraction of sp³-hybridized carbons (Fsp3) is 0.0909. The van der Waals surface area contributed by atoms with E-state index in [2.05, 4.69) is 9.97 Å². The Hall–Kier alpha value is -4.56. The van der Waals surface area contributed by atoms with Gasteiger partial charge < -0.3 is 11.5 Å². The molecule has 0 aliphatic heterocycles. The van der Waals surface area contributed by atoms with E-state index in [1.807, 2.05) is 0 Å². The van der Waals surface area contributed by atoms with Crippen molar-refractivity contribution in [3.63, 3.8) is 0 Å². The molecule has 0 aliphatic rings. The third-order valence-corrected chi connectivity index (χ3v) is 5.31. The molecular formula is C22H11F8N5O2. The minimum atomic E-state index is -5.20. The number of alkyl halides is 6. The van der Waals surface area contributed by atoms with Crippen LogP contribution in [0, 0.1) is 21.7 Å².